The minimum absolute atomic E-state index is 0.257. The third-order valence-electron chi connectivity index (χ3n) is 1.87. The van der Waals surface area contributed by atoms with Crippen LogP contribution in [0.15, 0.2) is 29.2 Å². The lowest BCUT2D eigenvalue weighted by Crippen LogP contribution is -2.23. The van der Waals surface area contributed by atoms with E-state index < -0.39 is 10.0 Å². The molecule has 1 aromatic carbocycles. The number of sulfonamides is 1. The normalized spacial score (nSPS) is 11.0. The van der Waals surface area contributed by atoms with Gasteiger partial charge in [-0.3, -0.25) is 4.58 Å². The maximum Gasteiger partial charge on any atom is 0.340 e. The Labute approximate surface area is 105 Å². The zero-order valence-corrected chi connectivity index (χ0v) is 11.8. The van der Waals surface area contributed by atoms with Gasteiger partial charge in [-0.15, -0.1) is 0 Å². The second-order valence-corrected chi connectivity index (χ2v) is 6.69. The molecule has 0 aliphatic heterocycles. The monoisotopic (exact) mass is 305 g/mol. The first-order valence-electron chi connectivity index (χ1n) is 4.62. The number of hydrogen-bond donors (Lipinski definition) is 0. The fraction of sp³-hybridized carbons (Fsp3) is 0.300. The van der Waals surface area contributed by atoms with Gasteiger partial charge in [-0.25, -0.2) is 0 Å². The fourth-order valence-electron chi connectivity index (χ4n) is 1.05. The molecule has 1 aromatic rings. The Bertz CT molecular complexity index is 490. The Morgan fingerprint density at radius 2 is 1.75 bits per heavy atom. The first-order chi connectivity index (χ1) is 7.34. The molecule has 0 spiro atoms. The van der Waals surface area contributed by atoms with Crippen molar-refractivity contribution in [3.8, 4) is 0 Å². The predicted octanol–water partition coefficient (Wildman–Crippen LogP) is 1.60. The van der Waals surface area contributed by atoms with Crippen LogP contribution in [0.25, 0.3) is 0 Å². The van der Waals surface area contributed by atoms with Gasteiger partial charge >= 0.3 is 10.0 Å². The fourth-order valence-corrected chi connectivity index (χ4v) is 2.92. The van der Waals surface area contributed by atoms with Gasteiger partial charge in [0.2, 0.25) is 16.1 Å². The van der Waals surface area contributed by atoms with Crippen molar-refractivity contribution in [2.75, 3.05) is 14.1 Å². The summed E-state index contributed by atoms with van der Waals surface area (Å²) in [7, 11) is -0.000172. The van der Waals surface area contributed by atoms with E-state index in [1.54, 1.807) is 42.9 Å². The number of halogens is 1. The smallest absolute Gasteiger partial charge is 0.272 e. The lowest BCUT2D eigenvalue weighted by atomic mass is 10.2. The van der Waals surface area contributed by atoms with Crippen molar-refractivity contribution in [2.24, 2.45) is 0 Å². The molecule has 0 amide bonds. The van der Waals surface area contributed by atoms with Gasteiger partial charge in [-0.1, -0.05) is 21.0 Å². The SMILES string of the molecule is Cc1ccc(S(=O)(=O)N(Br)C=[N+](C)C)cc1. The molecule has 0 unspecified atom stereocenters. The Hall–Kier alpha value is -0.880. The zero-order chi connectivity index (χ0) is 12.3. The van der Waals surface area contributed by atoms with Crippen LogP contribution in [0, 0.1) is 6.92 Å². The molecule has 0 aromatic heterocycles. The summed E-state index contributed by atoms with van der Waals surface area (Å²) in [6.45, 7) is 1.91. The molecule has 6 heteroatoms. The maximum absolute atomic E-state index is 12.0. The standard InChI is InChI=1S/C10H14BrN2O2S/c1-9-4-6-10(7-5-9)16(14,15)13(11)8-12(2)3/h4-8H,1-3H3/q+1. The van der Waals surface area contributed by atoms with Crippen LogP contribution >= 0.6 is 16.1 Å². The molecule has 0 N–H and O–H groups in total. The van der Waals surface area contributed by atoms with E-state index in [0.717, 1.165) is 8.89 Å². The second kappa shape index (κ2) is 4.97. The number of hydrogen-bond acceptors (Lipinski definition) is 2. The van der Waals surface area contributed by atoms with E-state index >= 15 is 0 Å². The van der Waals surface area contributed by atoms with E-state index in [0.29, 0.717) is 0 Å². The van der Waals surface area contributed by atoms with Crippen molar-refractivity contribution in [3.63, 3.8) is 0 Å². The van der Waals surface area contributed by atoms with Gasteiger partial charge in [0.15, 0.2) is 0 Å². The summed E-state index contributed by atoms with van der Waals surface area (Å²) in [5.41, 5.74) is 1.02. The molecule has 0 radical (unpaired) electrons. The van der Waals surface area contributed by atoms with Crippen molar-refractivity contribution in [3.05, 3.63) is 29.8 Å². The van der Waals surface area contributed by atoms with E-state index in [2.05, 4.69) is 16.1 Å². The van der Waals surface area contributed by atoms with Gasteiger partial charge in [-0.2, -0.15) is 8.42 Å². The second-order valence-electron chi connectivity index (χ2n) is 3.64. The van der Waals surface area contributed by atoms with Crippen LogP contribution in [0.5, 0.6) is 0 Å². The van der Waals surface area contributed by atoms with Gasteiger partial charge in [0.1, 0.15) is 4.90 Å². The molecular formula is C10H14BrN2O2S+. The van der Waals surface area contributed by atoms with Crippen LogP contribution in [0.3, 0.4) is 0 Å². The van der Waals surface area contributed by atoms with Gasteiger partial charge in [-0.05, 0) is 19.1 Å². The van der Waals surface area contributed by atoms with Crippen molar-refractivity contribution in [1.29, 1.82) is 0 Å². The summed E-state index contributed by atoms with van der Waals surface area (Å²) < 4.78 is 26.7. The Morgan fingerprint density at radius 3 is 2.19 bits per heavy atom. The molecule has 0 bridgehead atoms. The number of rotatable bonds is 3. The van der Waals surface area contributed by atoms with E-state index in [9.17, 15) is 8.42 Å². The first-order valence-corrected chi connectivity index (χ1v) is 6.77. The molecule has 0 fully saturated rings. The van der Waals surface area contributed by atoms with Crippen molar-refractivity contribution in [1.82, 2.24) is 3.33 Å². The summed E-state index contributed by atoms with van der Waals surface area (Å²) in [6.07, 6.45) is 1.44. The molecule has 16 heavy (non-hydrogen) atoms. The lowest BCUT2D eigenvalue weighted by Gasteiger charge is -2.05. The third-order valence-corrected chi connectivity index (χ3v) is 4.62. The average molecular weight is 306 g/mol. The highest BCUT2D eigenvalue weighted by Crippen LogP contribution is 2.17. The average Bonchev–Trinajstić information content (AvgIpc) is 2.17. The Kier molecular flexibility index (Phi) is 4.09. The highest BCUT2D eigenvalue weighted by Gasteiger charge is 2.26. The Morgan fingerprint density at radius 1 is 1.25 bits per heavy atom. The molecule has 88 valence electrons. The van der Waals surface area contributed by atoms with Crippen LogP contribution in [0.4, 0.5) is 0 Å². The van der Waals surface area contributed by atoms with Crippen molar-refractivity contribution in [2.45, 2.75) is 11.8 Å². The zero-order valence-electron chi connectivity index (χ0n) is 9.38. The largest absolute Gasteiger partial charge is 0.340 e. The number of aryl methyl sites for hydroxylation is 1. The third kappa shape index (κ3) is 3.05. The summed E-state index contributed by atoms with van der Waals surface area (Å²) in [4.78, 5) is 0.257. The molecule has 0 atom stereocenters. The summed E-state index contributed by atoms with van der Waals surface area (Å²) in [6, 6.07) is 6.71. The van der Waals surface area contributed by atoms with E-state index in [1.807, 2.05) is 6.92 Å². The van der Waals surface area contributed by atoms with Crippen LogP contribution in [0.2, 0.25) is 0 Å². The van der Waals surface area contributed by atoms with Crippen LogP contribution < -0.4 is 0 Å². The van der Waals surface area contributed by atoms with Gasteiger partial charge in [0.25, 0.3) is 6.34 Å². The molecule has 0 saturated heterocycles. The maximum atomic E-state index is 12.0. The van der Waals surface area contributed by atoms with E-state index in [-0.39, 0.29) is 4.90 Å². The van der Waals surface area contributed by atoms with Crippen molar-refractivity contribution < 1.29 is 13.0 Å². The lowest BCUT2D eigenvalue weighted by molar-refractivity contribution is -0.462. The molecule has 4 nitrogen and oxygen atoms in total. The highest BCUT2D eigenvalue weighted by molar-refractivity contribution is 9.09. The van der Waals surface area contributed by atoms with E-state index in [4.69, 9.17) is 0 Å². The molecule has 0 heterocycles. The van der Waals surface area contributed by atoms with Gasteiger partial charge in [0.05, 0.1) is 14.1 Å². The summed E-state index contributed by atoms with van der Waals surface area (Å²) >= 11 is 3.00. The summed E-state index contributed by atoms with van der Waals surface area (Å²) in [5.74, 6) is 0. The number of benzene rings is 1. The quantitative estimate of drug-likeness (QED) is 0.368. The van der Waals surface area contributed by atoms with Crippen LogP contribution in [0.1, 0.15) is 5.56 Å². The van der Waals surface area contributed by atoms with Gasteiger partial charge < -0.3 is 0 Å². The van der Waals surface area contributed by atoms with Crippen molar-refractivity contribution >= 4 is 32.5 Å². The summed E-state index contributed by atoms with van der Waals surface area (Å²) in [5, 5.41) is 0. The predicted molar refractivity (Wildman–Crippen MR) is 67.3 cm³/mol. The molecule has 0 saturated carbocycles. The molecule has 1 rings (SSSR count). The topological polar surface area (TPSA) is 40.4 Å². The minimum atomic E-state index is -3.50. The minimum Gasteiger partial charge on any atom is -0.272 e. The molecular weight excluding hydrogens is 292 g/mol. The molecule has 0 aliphatic rings. The molecule has 0 aliphatic carbocycles. The number of nitrogens with zero attached hydrogens (tertiary/aromatic N) is 2. The first kappa shape index (κ1) is 13.2. The Balaban J connectivity index is 3.12. The van der Waals surface area contributed by atoms with E-state index in [1.165, 1.54) is 6.34 Å². The van der Waals surface area contributed by atoms with Crippen LogP contribution in [-0.2, 0) is 10.0 Å². The van der Waals surface area contributed by atoms with Crippen LogP contribution in [-0.4, -0.2) is 36.8 Å². The highest BCUT2D eigenvalue weighted by atomic mass is 79.9. The van der Waals surface area contributed by atoms with Gasteiger partial charge in [0, 0.05) is 0 Å².